The molecule has 1 rings (SSSR count). The summed E-state index contributed by atoms with van der Waals surface area (Å²) in [6, 6.07) is 0.508. The number of morpholine rings is 1. The van der Waals surface area contributed by atoms with Gasteiger partial charge in [-0.1, -0.05) is 34.6 Å². The van der Waals surface area contributed by atoms with Crippen molar-refractivity contribution in [3.8, 4) is 0 Å². The van der Waals surface area contributed by atoms with Gasteiger partial charge in [0.2, 0.25) is 0 Å². The third-order valence-corrected chi connectivity index (χ3v) is 2.68. The molecule has 1 N–H and O–H groups in total. The molecular formula is C11H23NO. The summed E-state index contributed by atoms with van der Waals surface area (Å²) in [5, 5.41) is 3.55. The first-order chi connectivity index (χ1) is 5.93. The van der Waals surface area contributed by atoms with E-state index in [1.54, 1.807) is 0 Å². The normalized spacial score (nSPS) is 30.9. The van der Waals surface area contributed by atoms with E-state index in [1.807, 2.05) is 0 Å². The second-order valence-electron chi connectivity index (χ2n) is 5.38. The first-order valence-corrected chi connectivity index (χ1v) is 5.28. The van der Waals surface area contributed by atoms with Crippen LogP contribution in [0.3, 0.4) is 0 Å². The second-order valence-corrected chi connectivity index (χ2v) is 5.38. The van der Waals surface area contributed by atoms with Crippen LogP contribution in [0.5, 0.6) is 0 Å². The molecule has 78 valence electrons. The van der Waals surface area contributed by atoms with E-state index in [0.717, 1.165) is 13.2 Å². The van der Waals surface area contributed by atoms with E-state index in [9.17, 15) is 0 Å². The Morgan fingerprint density at radius 3 is 2.31 bits per heavy atom. The van der Waals surface area contributed by atoms with Gasteiger partial charge in [-0.25, -0.2) is 0 Å². The van der Waals surface area contributed by atoms with Crippen molar-refractivity contribution in [3.63, 3.8) is 0 Å². The number of hydrogen-bond donors (Lipinski definition) is 1. The van der Waals surface area contributed by atoms with Crippen molar-refractivity contribution in [1.29, 1.82) is 0 Å². The van der Waals surface area contributed by atoms with Gasteiger partial charge >= 0.3 is 0 Å². The SMILES string of the molecule is CC(C)C1NCCOC1C(C)(C)C. The van der Waals surface area contributed by atoms with Crippen molar-refractivity contribution in [2.45, 2.75) is 46.8 Å². The van der Waals surface area contributed by atoms with E-state index in [1.165, 1.54) is 0 Å². The summed E-state index contributed by atoms with van der Waals surface area (Å²) >= 11 is 0. The van der Waals surface area contributed by atoms with Crippen LogP contribution in [0.25, 0.3) is 0 Å². The minimum Gasteiger partial charge on any atom is -0.375 e. The highest BCUT2D eigenvalue weighted by Gasteiger charge is 2.36. The number of hydrogen-bond acceptors (Lipinski definition) is 2. The van der Waals surface area contributed by atoms with Gasteiger partial charge in [0.1, 0.15) is 0 Å². The van der Waals surface area contributed by atoms with Crippen LogP contribution in [-0.2, 0) is 4.74 Å². The van der Waals surface area contributed by atoms with Crippen molar-refractivity contribution < 1.29 is 4.74 Å². The summed E-state index contributed by atoms with van der Waals surface area (Å²) in [6.45, 7) is 13.1. The molecule has 2 atom stereocenters. The van der Waals surface area contributed by atoms with E-state index in [0.29, 0.717) is 18.1 Å². The monoisotopic (exact) mass is 185 g/mol. The summed E-state index contributed by atoms with van der Waals surface area (Å²) in [6.07, 6.45) is 0.348. The van der Waals surface area contributed by atoms with Gasteiger partial charge < -0.3 is 10.1 Å². The quantitative estimate of drug-likeness (QED) is 0.675. The molecule has 0 aliphatic carbocycles. The summed E-state index contributed by atoms with van der Waals surface area (Å²) in [4.78, 5) is 0. The highest BCUT2D eigenvalue weighted by Crippen LogP contribution is 2.29. The second kappa shape index (κ2) is 3.97. The summed E-state index contributed by atoms with van der Waals surface area (Å²) in [7, 11) is 0. The molecule has 0 amide bonds. The standard InChI is InChI=1S/C11H23NO/c1-8(2)9-10(11(3,4)5)13-7-6-12-9/h8-10,12H,6-7H2,1-5H3. The zero-order chi connectivity index (χ0) is 10.1. The lowest BCUT2D eigenvalue weighted by Crippen LogP contribution is -2.55. The molecule has 0 spiro atoms. The lowest BCUT2D eigenvalue weighted by atomic mass is 9.80. The highest BCUT2D eigenvalue weighted by atomic mass is 16.5. The predicted octanol–water partition coefficient (Wildman–Crippen LogP) is 2.05. The first-order valence-electron chi connectivity index (χ1n) is 5.28. The van der Waals surface area contributed by atoms with Crippen LogP contribution in [0.15, 0.2) is 0 Å². The highest BCUT2D eigenvalue weighted by molar-refractivity contribution is 4.90. The maximum absolute atomic E-state index is 5.85. The third-order valence-electron chi connectivity index (χ3n) is 2.68. The fraction of sp³-hybridized carbons (Fsp3) is 1.00. The Hall–Kier alpha value is -0.0800. The molecule has 0 aromatic rings. The van der Waals surface area contributed by atoms with Crippen molar-refractivity contribution in [3.05, 3.63) is 0 Å². The lowest BCUT2D eigenvalue weighted by molar-refractivity contribution is -0.0752. The van der Waals surface area contributed by atoms with Crippen LogP contribution in [-0.4, -0.2) is 25.3 Å². The van der Waals surface area contributed by atoms with E-state index >= 15 is 0 Å². The molecule has 13 heavy (non-hydrogen) atoms. The minimum absolute atomic E-state index is 0.238. The number of nitrogens with one attached hydrogen (secondary N) is 1. The first kappa shape index (κ1) is 11.0. The Morgan fingerprint density at radius 1 is 1.31 bits per heavy atom. The van der Waals surface area contributed by atoms with Gasteiger partial charge in [-0.05, 0) is 11.3 Å². The molecule has 2 heteroatoms. The van der Waals surface area contributed by atoms with Gasteiger partial charge in [0.25, 0.3) is 0 Å². The molecule has 0 bridgehead atoms. The smallest absolute Gasteiger partial charge is 0.0779 e. The average Bonchev–Trinajstić information content (AvgIpc) is 2.03. The summed E-state index contributed by atoms with van der Waals surface area (Å²) in [5.74, 6) is 0.643. The van der Waals surface area contributed by atoms with Crippen LogP contribution < -0.4 is 5.32 Å². The van der Waals surface area contributed by atoms with E-state index < -0.39 is 0 Å². The molecule has 0 aromatic heterocycles. The zero-order valence-electron chi connectivity index (χ0n) is 9.55. The summed E-state index contributed by atoms with van der Waals surface area (Å²) in [5.41, 5.74) is 0.238. The Labute approximate surface area is 82.0 Å². The fourth-order valence-corrected chi connectivity index (χ4v) is 2.00. The van der Waals surface area contributed by atoms with Gasteiger partial charge in [0.15, 0.2) is 0 Å². The Kier molecular flexibility index (Phi) is 3.36. The summed E-state index contributed by atoms with van der Waals surface area (Å²) < 4.78 is 5.85. The molecule has 0 radical (unpaired) electrons. The molecule has 1 fully saturated rings. The number of rotatable bonds is 1. The zero-order valence-corrected chi connectivity index (χ0v) is 9.55. The number of ether oxygens (including phenoxy) is 1. The predicted molar refractivity (Wildman–Crippen MR) is 55.8 cm³/mol. The third kappa shape index (κ3) is 2.68. The van der Waals surface area contributed by atoms with Gasteiger partial charge in [-0.15, -0.1) is 0 Å². The molecule has 1 aliphatic rings. The van der Waals surface area contributed by atoms with E-state index in [2.05, 4.69) is 39.9 Å². The van der Waals surface area contributed by atoms with E-state index in [4.69, 9.17) is 4.74 Å². The molecule has 2 nitrogen and oxygen atoms in total. The molecule has 1 aliphatic heterocycles. The molecule has 2 unspecified atom stereocenters. The van der Waals surface area contributed by atoms with Crippen LogP contribution in [0, 0.1) is 11.3 Å². The fourth-order valence-electron chi connectivity index (χ4n) is 2.00. The molecule has 1 heterocycles. The van der Waals surface area contributed by atoms with Crippen molar-refractivity contribution in [2.24, 2.45) is 11.3 Å². The van der Waals surface area contributed by atoms with Crippen LogP contribution in [0.2, 0.25) is 0 Å². The Bertz CT molecular complexity index is 160. The molecular weight excluding hydrogens is 162 g/mol. The van der Waals surface area contributed by atoms with Gasteiger partial charge in [-0.3, -0.25) is 0 Å². The van der Waals surface area contributed by atoms with Gasteiger partial charge in [0.05, 0.1) is 12.7 Å². The Balaban J connectivity index is 2.67. The largest absolute Gasteiger partial charge is 0.375 e. The van der Waals surface area contributed by atoms with Crippen molar-refractivity contribution >= 4 is 0 Å². The topological polar surface area (TPSA) is 21.3 Å². The minimum atomic E-state index is 0.238. The van der Waals surface area contributed by atoms with Crippen LogP contribution in [0.1, 0.15) is 34.6 Å². The van der Waals surface area contributed by atoms with E-state index in [-0.39, 0.29) is 5.41 Å². The Morgan fingerprint density at radius 2 is 1.92 bits per heavy atom. The van der Waals surface area contributed by atoms with Crippen LogP contribution >= 0.6 is 0 Å². The van der Waals surface area contributed by atoms with Crippen molar-refractivity contribution in [2.75, 3.05) is 13.2 Å². The maximum atomic E-state index is 5.85. The molecule has 0 saturated carbocycles. The van der Waals surface area contributed by atoms with Crippen molar-refractivity contribution in [1.82, 2.24) is 5.32 Å². The lowest BCUT2D eigenvalue weighted by Gasteiger charge is -2.42. The van der Waals surface area contributed by atoms with Gasteiger partial charge in [0, 0.05) is 12.6 Å². The maximum Gasteiger partial charge on any atom is 0.0779 e. The average molecular weight is 185 g/mol. The van der Waals surface area contributed by atoms with Crippen LogP contribution in [0.4, 0.5) is 0 Å². The van der Waals surface area contributed by atoms with Gasteiger partial charge in [-0.2, -0.15) is 0 Å². The molecule has 0 aromatic carbocycles. The molecule has 1 saturated heterocycles.